The quantitative estimate of drug-likeness (QED) is 0.794. The highest BCUT2D eigenvalue weighted by atomic mass is 16.6. The Bertz CT molecular complexity index is 695. The van der Waals surface area contributed by atoms with Crippen LogP contribution in [0.15, 0.2) is 36.4 Å². The molecule has 1 aliphatic rings. The fourth-order valence-corrected chi connectivity index (χ4v) is 2.89. The predicted molar refractivity (Wildman–Crippen MR) is 80.1 cm³/mol. The molecule has 22 heavy (non-hydrogen) atoms. The molecule has 0 saturated carbocycles. The number of benzene rings is 2. The Labute approximate surface area is 128 Å². The zero-order valence-corrected chi connectivity index (χ0v) is 12.4. The van der Waals surface area contributed by atoms with Gasteiger partial charge < -0.3 is 24.8 Å². The van der Waals surface area contributed by atoms with E-state index in [2.05, 4.69) is 0 Å². The molecule has 0 amide bonds. The first-order valence-corrected chi connectivity index (χ1v) is 6.97. The van der Waals surface area contributed by atoms with Gasteiger partial charge in [0.25, 0.3) is 0 Å². The highest BCUT2D eigenvalue weighted by Crippen LogP contribution is 2.48. The SMILES string of the molecule is COC1(c2ccc(O)cc2)COc2c(ccc(O)c2C)C1O. The van der Waals surface area contributed by atoms with Crippen LogP contribution in [0.1, 0.15) is 22.8 Å². The van der Waals surface area contributed by atoms with Crippen molar-refractivity contribution in [3.05, 3.63) is 53.1 Å². The van der Waals surface area contributed by atoms with Gasteiger partial charge >= 0.3 is 0 Å². The number of methoxy groups -OCH3 is 1. The second-order valence-electron chi connectivity index (χ2n) is 5.46. The summed E-state index contributed by atoms with van der Waals surface area (Å²) in [5.74, 6) is 0.752. The van der Waals surface area contributed by atoms with Crippen molar-refractivity contribution in [2.45, 2.75) is 18.6 Å². The summed E-state index contributed by atoms with van der Waals surface area (Å²) in [6.07, 6.45) is -0.954. The molecular weight excluding hydrogens is 284 g/mol. The van der Waals surface area contributed by atoms with Gasteiger partial charge in [-0.2, -0.15) is 0 Å². The molecule has 5 heteroatoms. The van der Waals surface area contributed by atoms with Crippen molar-refractivity contribution in [3.8, 4) is 17.2 Å². The minimum absolute atomic E-state index is 0.104. The molecule has 0 aliphatic carbocycles. The van der Waals surface area contributed by atoms with Crippen molar-refractivity contribution in [1.82, 2.24) is 0 Å². The second kappa shape index (κ2) is 5.19. The molecule has 3 N–H and O–H groups in total. The molecule has 3 rings (SSSR count). The van der Waals surface area contributed by atoms with E-state index in [1.54, 1.807) is 37.3 Å². The van der Waals surface area contributed by atoms with Crippen LogP contribution in [0.4, 0.5) is 0 Å². The van der Waals surface area contributed by atoms with E-state index >= 15 is 0 Å². The number of ether oxygens (including phenoxy) is 2. The molecule has 116 valence electrons. The number of hydrogen-bond donors (Lipinski definition) is 3. The second-order valence-corrected chi connectivity index (χ2v) is 5.46. The van der Waals surface area contributed by atoms with Crippen LogP contribution in [0.3, 0.4) is 0 Å². The highest BCUT2D eigenvalue weighted by Gasteiger charge is 2.46. The zero-order valence-electron chi connectivity index (χ0n) is 12.4. The molecule has 2 unspecified atom stereocenters. The molecule has 2 aromatic rings. The molecule has 0 bridgehead atoms. The van der Waals surface area contributed by atoms with Gasteiger partial charge in [-0.3, -0.25) is 0 Å². The van der Waals surface area contributed by atoms with Gasteiger partial charge in [-0.1, -0.05) is 12.1 Å². The summed E-state index contributed by atoms with van der Waals surface area (Å²) in [6.45, 7) is 1.84. The number of hydrogen-bond acceptors (Lipinski definition) is 5. The summed E-state index contributed by atoms with van der Waals surface area (Å²) < 4.78 is 11.4. The largest absolute Gasteiger partial charge is 0.508 e. The van der Waals surface area contributed by atoms with Crippen molar-refractivity contribution >= 4 is 0 Å². The van der Waals surface area contributed by atoms with Gasteiger partial charge in [-0.25, -0.2) is 0 Å². The molecular formula is C17H18O5. The lowest BCUT2D eigenvalue weighted by Crippen LogP contribution is -2.44. The average molecular weight is 302 g/mol. The van der Waals surface area contributed by atoms with E-state index in [9.17, 15) is 15.3 Å². The predicted octanol–water partition coefficient (Wildman–Crippen LogP) is 2.37. The summed E-state index contributed by atoms with van der Waals surface area (Å²) >= 11 is 0. The Balaban J connectivity index is 2.11. The third-order valence-corrected chi connectivity index (χ3v) is 4.30. The van der Waals surface area contributed by atoms with Crippen molar-refractivity contribution in [3.63, 3.8) is 0 Å². The average Bonchev–Trinajstić information content (AvgIpc) is 2.53. The van der Waals surface area contributed by atoms with Gasteiger partial charge in [0, 0.05) is 18.2 Å². The number of phenolic OH excluding ortho intramolecular Hbond substituents is 2. The number of aliphatic hydroxyl groups excluding tert-OH is 1. The Kier molecular flexibility index (Phi) is 3.47. The summed E-state index contributed by atoms with van der Waals surface area (Å²) in [5, 5.41) is 30.1. The molecule has 0 radical (unpaired) electrons. The van der Waals surface area contributed by atoms with Crippen LogP contribution < -0.4 is 4.74 Å². The maximum absolute atomic E-state index is 10.9. The molecule has 1 heterocycles. The molecule has 0 aromatic heterocycles. The Morgan fingerprint density at radius 1 is 1.14 bits per heavy atom. The lowest BCUT2D eigenvalue weighted by Gasteiger charge is -2.41. The van der Waals surface area contributed by atoms with E-state index in [-0.39, 0.29) is 18.1 Å². The number of phenols is 2. The third kappa shape index (κ3) is 2.01. The summed E-state index contributed by atoms with van der Waals surface area (Å²) in [6, 6.07) is 9.65. The summed E-state index contributed by atoms with van der Waals surface area (Å²) in [4.78, 5) is 0. The van der Waals surface area contributed by atoms with Crippen LogP contribution in [-0.4, -0.2) is 29.0 Å². The zero-order chi connectivity index (χ0) is 15.9. The summed E-state index contributed by atoms with van der Waals surface area (Å²) in [7, 11) is 1.51. The van der Waals surface area contributed by atoms with E-state index < -0.39 is 11.7 Å². The van der Waals surface area contributed by atoms with E-state index in [0.717, 1.165) is 0 Å². The van der Waals surface area contributed by atoms with Crippen molar-refractivity contribution in [1.29, 1.82) is 0 Å². The van der Waals surface area contributed by atoms with E-state index in [1.165, 1.54) is 13.2 Å². The third-order valence-electron chi connectivity index (χ3n) is 4.30. The highest BCUT2D eigenvalue weighted by molar-refractivity contribution is 5.52. The Morgan fingerprint density at radius 3 is 2.45 bits per heavy atom. The van der Waals surface area contributed by atoms with Crippen LogP contribution in [0, 0.1) is 6.92 Å². The van der Waals surface area contributed by atoms with Crippen LogP contribution in [0.2, 0.25) is 0 Å². The molecule has 2 atom stereocenters. The molecule has 0 fully saturated rings. The normalized spacial score (nSPS) is 23.7. The first kappa shape index (κ1) is 14.7. The molecule has 2 aromatic carbocycles. The van der Waals surface area contributed by atoms with Crippen LogP contribution >= 0.6 is 0 Å². The first-order valence-electron chi connectivity index (χ1n) is 6.97. The molecule has 1 aliphatic heterocycles. The minimum atomic E-state index is -1.07. The number of fused-ring (bicyclic) bond motifs is 1. The monoisotopic (exact) mass is 302 g/mol. The van der Waals surface area contributed by atoms with Crippen LogP contribution in [0.25, 0.3) is 0 Å². The van der Waals surface area contributed by atoms with Crippen LogP contribution in [0.5, 0.6) is 17.2 Å². The van der Waals surface area contributed by atoms with Gasteiger partial charge in [-0.05, 0) is 36.8 Å². The van der Waals surface area contributed by atoms with Gasteiger partial charge in [0.05, 0.1) is 0 Å². The number of rotatable bonds is 2. The molecule has 0 spiro atoms. The van der Waals surface area contributed by atoms with Crippen molar-refractivity contribution in [2.24, 2.45) is 0 Å². The van der Waals surface area contributed by atoms with Crippen molar-refractivity contribution in [2.75, 3.05) is 13.7 Å². The van der Waals surface area contributed by atoms with E-state index in [1.807, 2.05) is 0 Å². The van der Waals surface area contributed by atoms with Gasteiger partial charge in [0.15, 0.2) is 5.60 Å². The number of aromatic hydroxyl groups is 2. The maximum atomic E-state index is 10.9. The molecule has 5 nitrogen and oxygen atoms in total. The topological polar surface area (TPSA) is 79.2 Å². The smallest absolute Gasteiger partial charge is 0.156 e. The van der Waals surface area contributed by atoms with Crippen molar-refractivity contribution < 1.29 is 24.8 Å². The Hall–Kier alpha value is -2.24. The fourth-order valence-electron chi connectivity index (χ4n) is 2.89. The lowest BCUT2D eigenvalue weighted by atomic mass is 9.82. The molecule has 0 saturated heterocycles. The van der Waals surface area contributed by atoms with Crippen LogP contribution in [-0.2, 0) is 10.3 Å². The first-order chi connectivity index (χ1) is 10.5. The maximum Gasteiger partial charge on any atom is 0.156 e. The lowest BCUT2D eigenvalue weighted by molar-refractivity contribution is -0.144. The van der Waals surface area contributed by atoms with E-state index in [0.29, 0.717) is 22.4 Å². The summed E-state index contributed by atoms with van der Waals surface area (Å²) in [5.41, 5.74) is 0.796. The van der Waals surface area contributed by atoms with E-state index in [4.69, 9.17) is 9.47 Å². The standard InChI is InChI=1S/C17H18O5/c1-10-14(19)8-7-13-15(10)22-9-17(21-2,16(13)20)11-3-5-12(18)6-4-11/h3-8,16,18-20H,9H2,1-2H3. The van der Waals surface area contributed by atoms with Gasteiger partial charge in [-0.15, -0.1) is 0 Å². The Morgan fingerprint density at radius 2 is 1.82 bits per heavy atom. The minimum Gasteiger partial charge on any atom is -0.508 e. The number of aliphatic hydroxyl groups is 1. The van der Waals surface area contributed by atoms with Gasteiger partial charge in [0.1, 0.15) is 30.0 Å². The van der Waals surface area contributed by atoms with Gasteiger partial charge in [0.2, 0.25) is 0 Å². The fraction of sp³-hybridized carbons (Fsp3) is 0.294.